The molecule has 6 heteroatoms. The van der Waals surface area contributed by atoms with Crippen LogP contribution in [0.2, 0.25) is 0 Å². The third-order valence-electron chi connectivity index (χ3n) is 4.06. The molecule has 0 heterocycles. The van der Waals surface area contributed by atoms with Crippen molar-refractivity contribution in [2.45, 2.75) is 46.8 Å². The molecule has 1 atom stereocenters. The summed E-state index contributed by atoms with van der Waals surface area (Å²) < 4.78 is 16.7. The molecule has 0 aliphatic rings. The fraction of sp³-hybridized carbons (Fsp3) is 0.650. The molecule has 148 valence electrons. The smallest absolute Gasteiger partial charge is 0.191 e. The molecule has 0 bridgehead atoms. The molecule has 0 aliphatic carbocycles. The van der Waals surface area contributed by atoms with Gasteiger partial charge in [-0.25, -0.2) is 0 Å². The lowest BCUT2D eigenvalue weighted by Crippen LogP contribution is -2.38. The van der Waals surface area contributed by atoms with Crippen LogP contribution in [0.1, 0.15) is 39.7 Å². The molecule has 0 aliphatic heterocycles. The summed E-state index contributed by atoms with van der Waals surface area (Å²) in [5.74, 6) is 2.78. The minimum Gasteiger partial charge on any atom is -0.493 e. The molecule has 1 unspecified atom stereocenters. The lowest BCUT2D eigenvalue weighted by Gasteiger charge is -2.21. The first kappa shape index (κ1) is 22.1. The minimum absolute atomic E-state index is 0.265. The molecule has 0 radical (unpaired) electrons. The van der Waals surface area contributed by atoms with Gasteiger partial charge in [0.25, 0.3) is 0 Å². The van der Waals surface area contributed by atoms with Crippen molar-refractivity contribution in [3.63, 3.8) is 0 Å². The zero-order chi connectivity index (χ0) is 19.4. The van der Waals surface area contributed by atoms with Crippen LogP contribution in [0.4, 0.5) is 0 Å². The molecule has 0 fully saturated rings. The fourth-order valence-electron chi connectivity index (χ4n) is 2.66. The largest absolute Gasteiger partial charge is 0.493 e. The van der Waals surface area contributed by atoms with Gasteiger partial charge in [-0.15, -0.1) is 0 Å². The Morgan fingerprint density at radius 2 is 1.88 bits per heavy atom. The summed E-state index contributed by atoms with van der Waals surface area (Å²) in [6.07, 6.45) is 1.21. The van der Waals surface area contributed by atoms with Gasteiger partial charge in [-0.2, -0.15) is 0 Å². The van der Waals surface area contributed by atoms with Gasteiger partial charge in [0.2, 0.25) is 0 Å². The van der Waals surface area contributed by atoms with Crippen molar-refractivity contribution in [3.05, 3.63) is 23.8 Å². The summed E-state index contributed by atoms with van der Waals surface area (Å²) in [6, 6.07) is 5.94. The van der Waals surface area contributed by atoms with Crippen molar-refractivity contribution in [1.29, 1.82) is 0 Å². The van der Waals surface area contributed by atoms with Gasteiger partial charge in [0.15, 0.2) is 17.5 Å². The van der Waals surface area contributed by atoms with Crippen LogP contribution < -0.4 is 20.1 Å². The Labute approximate surface area is 158 Å². The average Bonchev–Trinajstić information content (AvgIpc) is 2.64. The van der Waals surface area contributed by atoms with Crippen LogP contribution in [0.15, 0.2) is 23.2 Å². The second-order valence-corrected chi connectivity index (χ2v) is 6.30. The first-order valence-electron chi connectivity index (χ1n) is 9.41. The van der Waals surface area contributed by atoms with E-state index in [9.17, 15) is 0 Å². The number of methoxy groups -OCH3 is 1. The first-order chi connectivity index (χ1) is 12.5. The Kier molecular flexibility index (Phi) is 10.5. The molecular formula is C20H35N3O3. The molecule has 2 N–H and O–H groups in total. The van der Waals surface area contributed by atoms with Gasteiger partial charge in [0, 0.05) is 26.7 Å². The molecule has 6 nitrogen and oxygen atoms in total. The van der Waals surface area contributed by atoms with Crippen molar-refractivity contribution in [1.82, 2.24) is 10.6 Å². The summed E-state index contributed by atoms with van der Waals surface area (Å²) in [4.78, 5) is 4.28. The SMILES string of the molecule is CCOc1ccc(CNC(=NC)NCCC(OCC)C(C)C)cc1OC. The Morgan fingerprint density at radius 1 is 1.12 bits per heavy atom. The van der Waals surface area contributed by atoms with E-state index in [0.29, 0.717) is 19.1 Å². The highest BCUT2D eigenvalue weighted by molar-refractivity contribution is 5.79. The molecule has 0 amide bonds. The summed E-state index contributed by atoms with van der Waals surface area (Å²) in [5.41, 5.74) is 1.10. The second-order valence-electron chi connectivity index (χ2n) is 6.30. The molecule has 1 aromatic carbocycles. The standard InChI is InChI=1S/C20H35N3O3/c1-7-25-17(15(3)4)11-12-22-20(21-5)23-14-16-9-10-18(26-8-2)19(13-16)24-6/h9-10,13,15,17H,7-8,11-12,14H2,1-6H3,(H2,21,22,23). The van der Waals surface area contributed by atoms with Gasteiger partial charge >= 0.3 is 0 Å². The van der Waals surface area contributed by atoms with Crippen molar-refractivity contribution >= 4 is 5.96 Å². The maximum absolute atomic E-state index is 5.78. The van der Waals surface area contributed by atoms with E-state index in [1.54, 1.807) is 14.2 Å². The van der Waals surface area contributed by atoms with Crippen LogP contribution in [-0.4, -0.2) is 46.0 Å². The zero-order valence-electron chi connectivity index (χ0n) is 17.1. The average molecular weight is 366 g/mol. The van der Waals surface area contributed by atoms with E-state index in [1.165, 1.54) is 0 Å². The molecule has 26 heavy (non-hydrogen) atoms. The molecule has 1 rings (SSSR count). The van der Waals surface area contributed by atoms with Crippen LogP contribution in [0.3, 0.4) is 0 Å². The monoisotopic (exact) mass is 365 g/mol. The van der Waals surface area contributed by atoms with Gasteiger partial charge in [-0.3, -0.25) is 4.99 Å². The van der Waals surface area contributed by atoms with E-state index >= 15 is 0 Å². The number of rotatable bonds is 11. The molecule has 0 spiro atoms. The van der Waals surface area contributed by atoms with Crippen molar-refractivity contribution in [3.8, 4) is 11.5 Å². The Bertz CT molecular complexity index is 547. The van der Waals surface area contributed by atoms with E-state index in [0.717, 1.165) is 42.6 Å². The van der Waals surface area contributed by atoms with Gasteiger partial charge in [0.1, 0.15) is 0 Å². The van der Waals surface area contributed by atoms with E-state index < -0.39 is 0 Å². The quantitative estimate of drug-likeness (QED) is 0.466. The van der Waals surface area contributed by atoms with Crippen LogP contribution >= 0.6 is 0 Å². The third kappa shape index (κ3) is 7.52. The highest BCUT2D eigenvalue weighted by Crippen LogP contribution is 2.27. The van der Waals surface area contributed by atoms with E-state index in [-0.39, 0.29) is 6.10 Å². The Morgan fingerprint density at radius 3 is 2.46 bits per heavy atom. The van der Waals surface area contributed by atoms with Gasteiger partial charge in [-0.05, 0) is 43.9 Å². The number of ether oxygens (including phenoxy) is 3. The van der Waals surface area contributed by atoms with E-state index in [1.807, 2.05) is 32.0 Å². The normalized spacial score (nSPS) is 12.8. The topological polar surface area (TPSA) is 64.1 Å². The highest BCUT2D eigenvalue weighted by Gasteiger charge is 2.13. The van der Waals surface area contributed by atoms with E-state index in [4.69, 9.17) is 14.2 Å². The number of nitrogens with one attached hydrogen (secondary N) is 2. The number of nitrogens with zero attached hydrogens (tertiary/aromatic N) is 1. The molecular weight excluding hydrogens is 330 g/mol. The van der Waals surface area contributed by atoms with Crippen LogP contribution in [0.25, 0.3) is 0 Å². The van der Waals surface area contributed by atoms with Crippen LogP contribution in [0, 0.1) is 5.92 Å². The van der Waals surface area contributed by atoms with Gasteiger partial charge < -0.3 is 24.8 Å². The molecule has 1 aromatic rings. The fourth-order valence-corrected chi connectivity index (χ4v) is 2.66. The van der Waals surface area contributed by atoms with Gasteiger partial charge in [-0.1, -0.05) is 19.9 Å². The number of guanidine groups is 1. The van der Waals surface area contributed by atoms with Gasteiger partial charge in [0.05, 0.1) is 19.8 Å². The summed E-state index contributed by atoms with van der Waals surface area (Å²) in [5, 5.41) is 6.67. The van der Waals surface area contributed by atoms with Crippen molar-refractivity contribution in [2.75, 3.05) is 33.9 Å². The van der Waals surface area contributed by atoms with E-state index in [2.05, 4.69) is 29.5 Å². The third-order valence-corrected chi connectivity index (χ3v) is 4.06. The zero-order valence-corrected chi connectivity index (χ0v) is 17.1. The lowest BCUT2D eigenvalue weighted by molar-refractivity contribution is 0.0258. The first-order valence-corrected chi connectivity index (χ1v) is 9.41. The predicted octanol–water partition coefficient (Wildman–Crippen LogP) is 3.21. The predicted molar refractivity (Wildman–Crippen MR) is 107 cm³/mol. The van der Waals surface area contributed by atoms with Crippen molar-refractivity contribution < 1.29 is 14.2 Å². The number of aliphatic imine (C=N–C) groups is 1. The summed E-state index contributed by atoms with van der Waals surface area (Å²) in [6.45, 7) is 11.2. The highest BCUT2D eigenvalue weighted by atomic mass is 16.5. The van der Waals surface area contributed by atoms with Crippen LogP contribution in [-0.2, 0) is 11.3 Å². The number of hydrogen-bond donors (Lipinski definition) is 2. The maximum Gasteiger partial charge on any atom is 0.191 e. The Hall–Kier alpha value is -1.95. The number of hydrogen-bond acceptors (Lipinski definition) is 4. The molecule has 0 saturated carbocycles. The summed E-state index contributed by atoms with van der Waals surface area (Å²) >= 11 is 0. The van der Waals surface area contributed by atoms with Crippen LogP contribution in [0.5, 0.6) is 11.5 Å². The minimum atomic E-state index is 0.265. The second kappa shape index (κ2) is 12.4. The summed E-state index contributed by atoms with van der Waals surface area (Å²) in [7, 11) is 3.43. The molecule has 0 saturated heterocycles. The molecule has 0 aromatic heterocycles. The lowest BCUT2D eigenvalue weighted by atomic mass is 10.0. The number of benzene rings is 1. The van der Waals surface area contributed by atoms with Crippen molar-refractivity contribution in [2.24, 2.45) is 10.9 Å². The Balaban J connectivity index is 2.51. The maximum atomic E-state index is 5.78.